The van der Waals surface area contributed by atoms with Gasteiger partial charge in [-0.3, -0.25) is 4.79 Å². The maximum absolute atomic E-state index is 12.9. The van der Waals surface area contributed by atoms with Crippen LogP contribution in [0.2, 0.25) is 0 Å². The third kappa shape index (κ3) is 5.03. The summed E-state index contributed by atoms with van der Waals surface area (Å²) >= 11 is 5.26. The second-order valence-corrected chi connectivity index (χ2v) is 6.78. The van der Waals surface area contributed by atoms with Gasteiger partial charge in [0.25, 0.3) is 5.56 Å². The molecule has 2 aromatic carbocycles. The Kier molecular flexibility index (Phi) is 6.66. The van der Waals surface area contributed by atoms with E-state index in [0.29, 0.717) is 47.2 Å². The molecule has 0 fully saturated rings. The normalized spacial score (nSPS) is 10.6. The van der Waals surface area contributed by atoms with Gasteiger partial charge in [-0.15, -0.1) is 0 Å². The summed E-state index contributed by atoms with van der Waals surface area (Å²) in [5.41, 5.74) is 1.95. The maximum Gasteiger partial charge on any atom is 0.251 e. The summed E-state index contributed by atoms with van der Waals surface area (Å²) in [4.78, 5) is 15.3. The molecule has 0 aliphatic rings. The van der Waals surface area contributed by atoms with E-state index in [1.54, 1.807) is 38.5 Å². The molecule has 8 heteroatoms. The molecule has 0 unspecified atom stereocenters. The van der Waals surface area contributed by atoms with Crippen LogP contribution in [-0.2, 0) is 13.0 Å². The number of aromatic nitrogens is 1. The Morgan fingerprint density at radius 3 is 2.45 bits per heavy atom. The lowest BCUT2D eigenvalue weighted by atomic mass is 10.1. The van der Waals surface area contributed by atoms with Crippen LogP contribution in [-0.4, -0.2) is 30.9 Å². The van der Waals surface area contributed by atoms with Gasteiger partial charge >= 0.3 is 0 Å². The number of H-pyrrole nitrogens is 1. The Hall–Kier alpha value is -3.13. The first-order valence-corrected chi connectivity index (χ1v) is 9.45. The molecule has 1 aromatic heterocycles. The van der Waals surface area contributed by atoms with Crippen LogP contribution >= 0.6 is 12.2 Å². The van der Waals surface area contributed by atoms with Crippen LogP contribution in [0.4, 0.5) is 4.39 Å². The standard InChI is InChI=1S/C21H22FN3O3S/c1-27-17-7-8-18(28-2)19-16(17)11-14(20(26)25-19)9-10-23-21(29)24-12-13-3-5-15(22)6-4-13/h3-8,11H,9-10,12H2,1-2H3,(H,25,26)(H2,23,24,29). The maximum atomic E-state index is 12.9. The number of nitrogens with one attached hydrogen (secondary N) is 3. The molecule has 0 aliphatic heterocycles. The van der Waals surface area contributed by atoms with E-state index in [9.17, 15) is 9.18 Å². The van der Waals surface area contributed by atoms with Gasteiger partial charge in [0.2, 0.25) is 0 Å². The van der Waals surface area contributed by atoms with Crippen molar-refractivity contribution in [3.63, 3.8) is 0 Å². The van der Waals surface area contributed by atoms with Gasteiger partial charge in [-0.1, -0.05) is 12.1 Å². The monoisotopic (exact) mass is 415 g/mol. The molecule has 0 spiro atoms. The van der Waals surface area contributed by atoms with E-state index in [4.69, 9.17) is 21.7 Å². The average Bonchev–Trinajstić information content (AvgIpc) is 2.73. The molecule has 0 saturated heterocycles. The van der Waals surface area contributed by atoms with Gasteiger partial charge in [0, 0.05) is 24.0 Å². The highest BCUT2D eigenvalue weighted by atomic mass is 32.1. The minimum absolute atomic E-state index is 0.184. The molecular weight excluding hydrogens is 393 g/mol. The molecule has 6 nitrogen and oxygen atoms in total. The van der Waals surface area contributed by atoms with Crippen molar-refractivity contribution in [3.8, 4) is 11.5 Å². The van der Waals surface area contributed by atoms with Crippen molar-refractivity contribution in [1.29, 1.82) is 0 Å². The first-order chi connectivity index (χ1) is 14.0. The van der Waals surface area contributed by atoms with E-state index in [-0.39, 0.29) is 11.4 Å². The zero-order valence-corrected chi connectivity index (χ0v) is 17.0. The minimum Gasteiger partial charge on any atom is -0.496 e. The number of hydrogen-bond acceptors (Lipinski definition) is 4. The Balaban J connectivity index is 1.62. The molecule has 3 rings (SSSR count). The third-order valence-electron chi connectivity index (χ3n) is 4.50. The molecule has 0 amide bonds. The third-order valence-corrected chi connectivity index (χ3v) is 4.79. The van der Waals surface area contributed by atoms with Crippen LogP contribution in [0.15, 0.2) is 47.3 Å². The van der Waals surface area contributed by atoms with Gasteiger partial charge in [0.15, 0.2) is 5.11 Å². The lowest BCUT2D eigenvalue weighted by Gasteiger charge is -2.12. The second kappa shape index (κ2) is 9.38. The Morgan fingerprint density at radius 2 is 1.76 bits per heavy atom. The Bertz CT molecular complexity index is 1070. The van der Waals surface area contributed by atoms with Crippen LogP contribution in [0.25, 0.3) is 10.9 Å². The van der Waals surface area contributed by atoms with Gasteiger partial charge in [-0.05, 0) is 54.5 Å². The quantitative estimate of drug-likeness (QED) is 0.516. The SMILES string of the molecule is COc1ccc(OC)c2[nH]c(=O)c(CCNC(=S)NCc3ccc(F)cc3)cc12. The topological polar surface area (TPSA) is 75.4 Å². The molecule has 152 valence electrons. The zero-order valence-electron chi connectivity index (χ0n) is 16.2. The number of benzene rings is 2. The van der Waals surface area contributed by atoms with Gasteiger partial charge in [-0.25, -0.2) is 4.39 Å². The molecule has 1 heterocycles. The molecule has 0 atom stereocenters. The number of halogens is 1. The van der Waals surface area contributed by atoms with Crippen molar-refractivity contribution in [3.05, 3.63) is 69.8 Å². The van der Waals surface area contributed by atoms with Crippen molar-refractivity contribution in [2.75, 3.05) is 20.8 Å². The first-order valence-electron chi connectivity index (χ1n) is 9.05. The van der Waals surface area contributed by atoms with Crippen LogP contribution in [0.3, 0.4) is 0 Å². The lowest BCUT2D eigenvalue weighted by molar-refractivity contribution is 0.409. The first kappa shape index (κ1) is 20.6. The number of ether oxygens (including phenoxy) is 2. The predicted molar refractivity (Wildman–Crippen MR) is 115 cm³/mol. The number of rotatable bonds is 7. The van der Waals surface area contributed by atoms with Gasteiger partial charge in [-0.2, -0.15) is 0 Å². The Labute approximate surface area is 173 Å². The summed E-state index contributed by atoms with van der Waals surface area (Å²) in [5.74, 6) is 0.959. The summed E-state index contributed by atoms with van der Waals surface area (Å²) < 4.78 is 23.7. The lowest BCUT2D eigenvalue weighted by Crippen LogP contribution is -2.36. The predicted octanol–water partition coefficient (Wildman–Crippen LogP) is 2.89. The molecule has 3 aromatic rings. The molecule has 3 N–H and O–H groups in total. The van der Waals surface area contributed by atoms with Crippen LogP contribution in [0.5, 0.6) is 11.5 Å². The molecule has 0 bridgehead atoms. The fourth-order valence-corrected chi connectivity index (χ4v) is 3.15. The fraction of sp³-hybridized carbons (Fsp3) is 0.238. The zero-order chi connectivity index (χ0) is 20.8. The largest absolute Gasteiger partial charge is 0.496 e. The van der Waals surface area contributed by atoms with Crippen molar-refractivity contribution in [2.45, 2.75) is 13.0 Å². The van der Waals surface area contributed by atoms with E-state index in [1.807, 2.05) is 6.07 Å². The highest BCUT2D eigenvalue weighted by Gasteiger charge is 2.11. The number of methoxy groups -OCH3 is 2. The molecule has 0 aliphatic carbocycles. The smallest absolute Gasteiger partial charge is 0.251 e. The number of aromatic amines is 1. The number of thiocarbonyl (C=S) groups is 1. The summed E-state index contributed by atoms with van der Waals surface area (Å²) in [7, 11) is 3.14. The fourth-order valence-electron chi connectivity index (χ4n) is 2.98. The van der Waals surface area contributed by atoms with E-state index in [0.717, 1.165) is 10.9 Å². The van der Waals surface area contributed by atoms with E-state index in [1.165, 1.54) is 12.1 Å². The molecular formula is C21H22FN3O3S. The highest BCUT2D eigenvalue weighted by molar-refractivity contribution is 7.80. The highest BCUT2D eigenvalue weighted by Crippen LogP contribution is 2.31. The van der Waals surface area contributed by atoms with E-state index >= 15 is 0 Å². The van der Waals surface area contributed by atoms with Gasteiger partial charge in [0.1, 0.15) is 17.3 Å². The van der Waals surface area contributed by atoms with Gasteiger partial charge < -0.3 is 25.1 Å². The van der Waals surface area contributed by atoms with Crippen molar-refractivity contribution < 1.29 is 13.9 Å². The summed E-state index contributed by atoms with van der Waals surface area (Å²) in [6.45, 7) is 0.968. The summed E-state index contributed by atoms with van der Waals surface area (Å²) in [6.07, 6.45) is 0.476. The van der Waals surface area contributed by atoms with Crippen molar-refractivity contribution in [1.82, 2.24) is 15.6 Å². The van der Waals surface area contributed by atoms with E-state index in [2.05, 4.69) is 15.6 Å². The van der Waals surface area contributed by atoms with Crippen LogP contribution in [0, 0.1) is 5.82 Å². The second-order valence-electron chi connectivity index (χ2n) is 6.37. The Morgan fingerprint density at radius 1 is 1.07 bits per heavy atom. The van der Waals surface area contributed by atoms with Crippen molar-refractivity contribution >= 4 is 28.2 Å². The summed E-state index contributed by atoms with van der Waals surface area (Å²) in [5, 5.41) is 7.37. The number of fused-ring (bicyclic) bond motifs is 1. The molecule has 29 heavy (non-hydrogen) atoms. The molecule has 0 saturated carbocycles. The number of pyridine rings is 1. The minimum atomic E-state index is -0.274. The van der Waals surface area contributed by atoms with Crippen LogP contribution < -0.4 is 25.7 Å². The number of hydrogen-bond donors (Lipinski definition) is 3. The molecule has 0 radical (unpaired) electrons. The van der Waals surface area contributed by atoms with Gasteiger partial charge in [0.05, 0.1) is 19.7 Å². The van der Waals surface area contributed by atoms with Crippen molar-refractivity contribution in [2.24, 2.45) is 0 Å². The van der Waals surface area contributed by atoms with E-state index < -0.39 is 0 Å². The van der Waals surface area contributed by atoms with Crippen LogP contribution in [0.1, 0.15) is 11.1 Å². The average molecular weight is 415 g/mol. The summed E-state index contributed by atoms with van der Waals surface area (Å²) in [6, 6.07) is 11.6.